The summed E-state index contributed by atoms with van der Waals surface area (Å²) in [6.07, 6.45) is 4.90. The minimum absolute atomic E-state index is 0. The van der Waals surface area contributed by atoms with Crippen LogP contribution in [0, 0.1) is 0 Å². The van der Waals surface area contributed by atoms with Gasteiger partial charge in [-0.25, -0.2) is 0 Å². The molecule has 0 rings (SSSR count). The summed E-state index contributed by atoms with van der Waals surface area (Å²) >= 11 is 0. The van der Waals surface area contributed by atoms with Gasteiger partial charge in [-0.05, 0) is 13.5 Å². The van der Waals surface area contributed by atoms with Gasteiger partial charge in [0.1, 0.15) is 0 Å². The lowest BCUT2D eigenvalue weighted by molar-refractivity contribution is 0.378. The summed E-state index contributed by atoms with van der Waals surface area (Å²) in [6, 6.07) is 0. The van der Waals surface area contributed by atoms with Gasteiger partial charge in [0.15, 0.2) is 0 Å². The summed E-state index contributed by atoms with van der Waals surface area (Å²) in [4.78, 5) is 2.20. The Kier molecular flexibility index (Phi) is 11.2. The number of nitrogens with zero attached hydrogens (tertiary/aromatic N) is 1. The van der Waals surface area contributed by atoms with Crippen molar-refractivity contribution in [1.82, 2.24) is 4.90 Å². The first-order valence-corrected chi connectivity index (χ1v) is 3.21. The van der Waals surface area contributed by atoms with Gasteiger partial charge in [0.05, 0.1) is 0 Å². The zero-order chi connectivity index (χ0) is 7.11. The standard InChI is InChI=1S/C8H15N.BrH/c1-4-6-8-9(3)7-5-2;/h4-5H,1-2,6-8H2,3H3;1H. The first kappa shape index (κ1) is 12.6. The second-order valence-corrected chi connectivity index (χ2v) is 2.13. The topological polar surface area (TPSA) is 3.24 Å². The fourth-order valence-corrected chi connectivity index (χ4v) is 0.623. The van der Waals surface area contributed by atoms with Crippen molar-refractivity contribution in [2.24, 2.45) is 0 Å². The molecule has 60 valence electrons. The van der Waals surface area contributed by atoms with Crippen molar-refractivity contribution >= 4 is 17.0 Å². The number of likely N-dealkylation sites (N-methyl/N-ethyl adjacent to an activating group) is 1. The average molecular weight is 206 g/mol. The van der Waals surface area contributed by atoms with Gasteiger partial charge in [0.25, 0.3) is 0 Å². The molecule has 0 fully saturated rings. The molecular weight excluding hydrogens is 190 g/mol. The van der Waals surface area contributed by atoms with E-state index in [-0.39, 0.29) is 17.0 Å². The van der Waals surface area contributed by atoms with Crippen LogP contribution in [0.15, 0.2) is 25.3 Å². The third-order valence-corrected chi connectivity index (χ3v) is 1.16. The van der Waals surface area contributed by atoms with E-state index in [0.29, 0.717) is 0 Å². The van der Waals surface area contributed by atoms with Gasteiger partial charge in [-0.15, -0.1) is 30.1 Å². The van der Waals surface area contributed by atoms with Crippen LogP contribution in [0.2, 0.25) is 0 Å². The van der Waals surface area contributed by atoms with E-state index < -0.39 is 0 Å². The first-order valence-electron chi connectivity index (χ1n) is 3.21. The Morgan fingerprint density at radius 3 is 2.30 bits per heavy atom. The van der Waals surface area contributed by atoms with Crippen LogP contribution in [-0.4, -0.2) is 25.0 Å². The molecule has 0 aliphatic rings. The maximum absolute atomic E-state index is 3.64. The SMILES string of the molecule is Br.C=CCCN(C)CC=C. The molecular formula is C8H16BrN. The van der Waals surface area contributed by atoms with E-state index in [1.165, 1.54) is 0 Å². The normalized spacial score (nSPS) is 8.60. The number of rotatable bonds is 5. The molecule has 0 saturated heterocycles. The third kappa shape index (κ3) is 7.92. The van der Waals surface area contributed by atoms with E-state index in [1.807, 2.05) is 12.2 Å². The molecule has 0 radical (unpaired) electrons. The monoisotopic (exact) mass is 205 g/mol. The summed E-state index contributed by atoms with van der Waals surface area (Å²) in [5.41, 5.74) is 0. The first-order chi connectivity index (χ1) is 4.31. The number of hydrogen-bond acceptors (Lipinski definition) is 1. The molecule has 0 aromatic rings. The Morgan fingerprint density at radius 2 is 1.90 bits per heavy atom. The molecule has 2 heteroatoms. The van der Waals surface area contributed by atoms with Crippen LogP contribution in [0.3, 0.4) is 0 Å². The van der Waals surface area contributed by atoms with Gasteiger partial charge in [0.2, 0.25) is 0 Å². The van der Waals surface area contributed by atoms with Crippen molar-refractivity contribution in [1.29, 1.82) is 0 Å². The van der Waals surface area contributed by atoms with Gasteiger partial charge < -0.3 is 4.90 Å². The molecule has 0 heterocycles. The molecule has 0 spiro atoms. The summed E-state index contributed by atoms with van der Waals surface area (Å²) in [6.45, 7) is 9.33. The van der Waals surface area contributed by atoms with Crippen LogP contribution in [0.5, 0.6) is 0 Å². The summed E-state index contributed by atoms with van der Waals surface area (Å²) in [5.74, 6) is 0. The predicted octanol–water partition coefficient (Wildman–Crippen LogP) is 2.26. The molecule has 10 heavy (non-hydrogen) atoms. The summed E-state index contributed by atoms with van der Waals surface area (Å²) in [5, 5.41) is 0. The average Bonchev–Trinajstić information content (AvgIpc) is 1.85. The van der Waals surface area contributed by atoms with Gasteiger partial charge in [-0.2, -0.15) is 0 Å². The molecule has 0 aromatic heterocycles. The Labute approximate surface area is 74.2 Å². The van der Waals surface area contributed by atoms with Gasteiger partial charge >= 0.3 is 0 Å². The maximum atomic E-state index is 3.64. The van der Waals surface area contributed by atoms with Crippen LogP contribution in [-0.2, 0) is 0 Å². The van der Waals surface area contributed by atoms with Crippen molar-refractivity contribution in [3.8, 4) is 0 Å². The minimum atomic E-state index is 0. The lowest BCUT2D eigenvalue weighted by atomic mass is 10.4. The number of hydrogen-bond donors (Lipinski definition) is 0. The lowest BCUT2D eigenvalue weighted by Crippen LogP contribution is -2.18. The van der Waals surface area contributed by atoms with E-state index in [4.69, 9.17) is 0 Å². The van der Waals surface area contributed by atoms with Crippen molar-refractivity contribution in [2.45, 2.75) is 6.42 Å². The molecule has 0 saturated carbocycles. The summed E-state index contributed by atoms with van der Waals surface area (Å²) < 4.78 is 0. The molecule has 1 nitrogen and oxygen atoms in total. The smallest absolute Gasteiger partial charge is 0.0157 e. The van der Waals surface area contributed by atoms with Crippen molar-refractivity contribution in [3.05, 3.63) is 25.3 Å². The highest BCUT2D eigenvalue weighted by atomic mass is 79.9. The molecule has 0 bridgehead atoms. The van der Waals surface area contributed by atoms with Gasteiger partial charge in [-0.3, -0.25) is 0 Å². The van der Waals surface area contributed by atoms with E-state index in [9.17, 15) is 0 Å². The molecule has 0 amide bonds. The van der Waals surface area contributed by atoms with Crippen LogP contribution in [0.4, 0.5) is 0 Å². The van der Waals surface area contributed by atoms with E-state index >= 15 is 0 Å². The second-order valence-electron chi connectivity index (χ2n) is 2.13. The zero-order valence-corrected chi connectivity index (χ0v) is 8.26. The Bertz CT molecular complexity index is 91.3. The number of halogens is 1. The van der Waals surface area contributed by atoms with Gasteiger partial charge in [0, 0.05) is 13.1 Å². The zero-order valence-electron chi connectivity index (χ0n) is 6.55. The summed E-state index contributed by atoms with van der Waals surface area (Å²) in [7, 11) is 2.07. The molecule has 0 unspecified atom stereocenters. The van der Waals surface area contributed by atoms with Crippen LogP contribution in [0.25, 0.3) is 0 Å². The Morgan fingerprint density at radius 1 is 1.30 bits per heavy atom. The van der Waals surface area contributed by atoms with E-state index in [0.717, 1.165) is 19.5 Å². The second kappa shape index (κ2) is 8.92. The Balaban J connectivity index is 0. The molecule has 0 aliphatic carbocycles. The fraction of sp³-hybridized carbons (Fsp3) is 0.500. The highest BCUT2D eigenvalue weighted by Crippen LogP contribution is 1.86. The van der Waals surface area contributed by atoms with Crippen molar-refractivity contribution < 1.29 is 0 Å². The van der Waals surface area contributed by atoms with E-state index in [2.05, 4.69) is 25.1 Å². The molecule has 0 aromatic carbocycles. The maximum Gasteiger partial charge on any atom is 0.0157 e. The van der Waals surface area contributed by atoms with Crippen LogP contribution >= 0.6 is 17.0 Å². The predicted molar refractivity (Wildman–Crippen MR) is 52.8 cm³/mol. The highest BCUT2D eigenvalue weighted by molar-refractivity contribution is 8.93. The van der Waals surface area contributed by atoms with Crippen molar-refractivity contribution in [2.75, 3.05) is 20.1 Å². The third-order valence-electron chi connectivity index (χ3n) is 1.16. The minimum Gasteiger partial charge on any atom is -0.302 e. The van der Waals surface area contributed by atoms with Gasteiger partial charge in [-0.1, -0.05) is 12.2 Å². The molecule has 0 atom stereocenters. The van der Waals surface area contributed by atoms with E-state index in [1.54, 1.807) is 0 Å². The molecule has 0 aliphatic heterocycles. The van der Waals surface area contributed by atoms with Crippen molar-refractivity contribution in [3.63, 3.8) is 0 Å². The Hall–Kier alpha value is -0.0800. The quantitative estimate of drug-likeness (QED) is 0.623. The largest absolute Gasteiger partial charge is 0.302 e. The fourth-order valence-electron chi connectivity index (χ4n) is 0.623. The van der Waals surface area contributed by atoms with Crippen LogP contribution < -0.4 is 0 Å². The highest BCUT2D eigenvalue weighted by Gasteiger charge is 1.89. The lowest BCUT2D eigenvalue weighted by Gasteiger charge is -2.11. The van der Waals surface area contributed by atoms with Crippen LogP contribution in [0.1, 0.15) is 6.42 Å². The molecule has 0 N–H and O–H groups in total.